The zero-order valence-electron chi connectivity index (χ0n) is 12.7. The van der Waals surface area contributed by atoms with Crippen LogP contribution >= 0.6 is 0 Å². The molecule has 0 aromatic rings. The number of carboxylic acid groups (broad SMARTS) is 1. The third-order valence-corrected chi connectivity index (χ3v) is 3.59. The molecule has 0 heterocycles. The number of carbonyl (C=O) groups is 2. The fourth-order valence-electron chi connectivity index (χ4n) is 2.34. The van der Waals surface area contributed by atoms with Crippen LogP contribution in [-0.4, -0.2) is 47.6 Å². The van der Waals surface area contributed by atoms with Crippen LogP contribution < -0.4 is 5.32 Å². The molecule has 116 valence electrons. The highest BCUT2D eigenvalue weighted by molar-refractivity contribution is 5.79. The lowest BCUT2D eigenvalue weighted by Gasteiger charge is -2.21. The molecule has 1 aliphatic rings. The van der Waals surface area contributed by atoms with Crippen molar-refractivity contribution >= 4 is 11.9 Å². The third-order valence-electron chi connectivity index (χ3n) is 3.59. The van der Waals surface area contributed by atoms with Crippen molar-refractivity contribution in [3.8, 4) is 0 Å². The summed E-state index contributed by atoms with van der Waals surface area (Å²) in [6.45, 7) is 5.04. The number of nitrogens with one attached hydrogen (secondary N) is 1. The van der Waals surface area contributed by atoms with Gasteiger partial charge in [0.2, 0.25) is 5.91 Å². The Hall–Kier alpha value is -1.10. The van der Waals surface area contributed by atoms with E-state index in [2.05, 4.69) is 12.2 Å². The Morgan fingerprint density at radius 2 is 2.00 bits per heavy atom. The largest absolute Gasteiger partial charge is 0.480 e. The highest BCUT2D eigenvalue weighted by Gasteiger charge is 2.26. The van der Waals surface area contributed by atoms with Crippen molar-refractivity contribution in [3.05, 3.63) is 0 Å². The van der Waals surface area contributed by atoms with E-state index in [-0.39, 0.29) is 25.0 Å². The van der Waals surface area contributed by atoms with Gasteiger partial charge in [0.1, 0.15) is 0 Å². The van der Waals surface area contributed by atoms with Gasteiger partial charge in [0.25, 0.3) is 0 Å². The van der Waals surface area contributed by atoms with Gasteiger partial charge >= 0.3 is 5.97 Å². The SMILES string of the molecule is CCCCCC(C)NC(=O)CN(CC(=O)O)CC1CC1. The summed E-state index contributed by atoms with van der Waals surface area (Å²) in [5.41, 5.74) is 0. The summed E-state index contributed by atoms with van der Waals surface area (Å²) in [7, 11) is 0. The molecule has 0 radical (unpaired) electrons. The van der Waals surface area contributed by atoms with E-state index < -0.39 is 5.97 Å². The molecule has 20 heavy (non-hydrogen) atoms. The van der Waals surface area contributed by atoms with Gasteiger partial charge in [0.05, 0.1) is 13.1 Å². The second-order valence-electron chi connectivity index (χ2n) is 5.97. The molecule has 5 heteroatoms. The van der Waals surface area contributed by atoms with Crippen LogP contribution in [0.4, 0.5) is 0 Å². The molecule has 0 spiro atoms. The quantitative estimate of drug-likeness (QED) is 0.568. The smallest absolute Gasteiger partial charge is 0.317 e. The Morgan fingerprint density at radius 3 is 2.55 bits per heavy atom. The summed E-state index contributed by atoms with van der Waals surface area (Å²) in [4.78, 5) is 24.5. The van der Waals surface area contributed by atoms with E-state index in [4.69, 9.17) is 5.11 Å². The summed E-state index contributed by atoms with van der Waals surface area (Å²) in [5.74, 6) is -0.338. The minimum absolute atomic E-state index is 0.0475. The number of unbranched alkanes of at least 4 members (excludes halogenated alkanes) is 2. The molecule has 0 aromatic heterocycles. The molecule has 0 bridgehead atoms. The number of carboxylic acids is 1. The van der Waals surface area contributed by atoms with Crippen molar-refractivity contribution in [2.24, 2.45) is 5.92 Å². The Balaban J connectivity index is 2.26. The average Bonchev–Trinajstić information content (AvgIpc) is 3.11. The van der Waals surface area contributed by atoms with E-state index in [1.165, 1.54) is 12.8 Å². The molecule has 0 aliphatic heterocycles. The summed E-state index contributed by atoms with van der Waals surface area (Å²) >= 11 is 0. The second kappa shape index (κ2) is 8.95. The Labute approximate surface area is 121 Å². The van der Waals surface area contributed by atoms with Gasteiger partial charge < -0.3 is 10.4 Å². The van der Waals surface area contributed by atoms with E-state index in [9.17, 15) is 9.59 Å². The molecule has 1 unspecified atom stereocenters. The number of amides is 1. The second-order valence-corrected chi connectivity index (χ2v) is 5.97. The summed E-state index contributed by atoms with van der Waals surface area (Å²) in [6, 6.07) is 0.168. The standard InChI is InChI=1S/C15H28N2O3/c1-3-4-5-6-12(2)16-14(18)10-17(11-15(19)20)9-13-7-8-13/h12-13H,3-11H2,1-2H3,(H,16,18)(H,19,20). The molecule has 1 atom stereocenters. The van der Waals surface area contributed by atoms with Gasteiger partial charge in [-0.1, -0.05) is 26.2 Å². The molecular weight excluding hydrogens is 256 g/mol. The van der Waals surface area contributed by atoms with Crippen LogP contribution in [0, 0.1) is 5.92 Å². The lowest BCUT2D eigenvalue weighted by atomic mass is 10.1. The number of carbonyl (C=O) groups excluding carboxylic acids is 1. The Bertz CT molecular complexity index is 316. The maximum absolute atomic E-state index is 11.9. The zero-order chi connectivity index (χ0) is 15.0. The van der Waals surface area contributed by atoms with E-state index in [1.54, 1.807) is 4.90 Å². The first-order chi connectivity index (χ1) is 9.51. The van der Waals surface area contributed by atoms with E-state index in [1.807, 2.05) is 6.92 Å². The van der Waals surface area contributed by atoms with Crippen molar-refractivity contribution in [2.45, 2.75) is 58.4 Å². The van der Waals surface area contributed by atoms with Crippen molar-refractivity contribution in [1.29, 1.82) is 0 Å². The van der Waals surface area contributed by atoms with Crippen LogP contribution in [0.5, 0.6) is 0 Å². The number of hydrogen-bond acceptors (Lipinski definition) is 3. The van der Waals surface area contributed by atoms with Crippen molar-refractivity contribution in [1.82, 2.24) is 10.2 Å². The first-order valence-electron chi connectivity index (χ1n) is 7.74. The average molecular weight is 284 g/mol. The number of aliphatic carboxylic acids is 1. The zero-order valence-corrected chi connectivity index (χ0v) is 12.7. The van der Waals surface area contributed by atoms with Gasteiger partial charge in [0.15, 0.2) is 0 Å². The molecule has 1 amide bonds. The minimum Gasteiger partial charge on any atom is -0.480 e. The first kappa shape index (κ1) is 17.0. The third kappa shape index (κ3) is 8.15. The number of nitrogens with zero attached hydrogens (tertiary/aromatic N) is 1. The first-order valence-corrected chi connectivity index (χ1v) is 7.74. The molecular formula is C15H28N2O3. The molecule has 1 aliphatic carbocycles. The van der Waals surface area contributed by atoms with Crippen LogP contribution in [0.15, 0.2) is 0 Å². The van der Waals surface area contributed by atoms with Gasteiger partial charge in [0, 0.05) is 12.6 Å². The maximum Gasteiger partial charge on any atom is 0.317 e. The Kier molecular flexibility index (Phi) is 7.59. The van der Waals surface area contributed by atoms with Gasteiger partial charge in [-0.05, 0) is 32.1 Å². The molecule has 2 N–H and O–H groups in total. The normalized spacial score (nSPS) is 16.1. The molecule has 1 rings (SSSR count). The highest BCUT2D eigenvalue weighted by atomic mass is 16.4. The topological polar surface area (TPSA) is 69.6 Å². The predicted octanol–water partition coefficient (Wildman–Crippen LogP) is 1.87. The summed E-state index contributed by atoms with van der Waals surface area (Å²) < 4.78 is 0. The lowest BCUT2D eigenvalue weighted by Crippen LogP contribution is -2.43. The molecule has 1 saturated carbocycles. The predicted molar refractivity (Wildman–Crippen MR) is 78.5 cm³/mol. The van der Waals surface area contributed by atoms with Gasteiger partial charge in [-0.3, -0.25) is 14.5 Å². The molecule has 5 nitrogen and oxygen atoms in total. The van der Waals surface area contributed by atoms with Crippen LogP contribution in [-0.2, 0) is 9.59 Å². The van der Waals surface area contributed by atoms with Gasteiger partial charge in [-0.2, -0.15) is 0 Å². The van der Waals surface area contributed by atoms with Crippen LogP contribution in [0.25, 0.3) is 0 Å². The van der Waals surface area contributed by atoms with Gasteiger partial charge in [-0.25, -0.2) is 0 Å². The minimum atomic E-state index is -0.866. The van der Waals surface area contributed by atoms with Gasteiger partial charge in [-0.15, -0.1) is 0 Å². The van der Waals surface area contributed by atoms with Crippen LogP contribution in [0.3, 0.4) is 0 Å². The fraction of sp³-hybridized carbons (Fsp3) is 0.867. The monoisotopic (exact) mass is 284 g/mol. The highest BCUT2D eigenvalue weighted by Crippen LogP contribution is 2.29. The summed E-state index contributed by atoms with van der Waals surface area (Å²) in [6.07, 6.45) is 6.79. The number of hydrogen-bond donors (Lipinski definition) is 2. The van der Waals surface area contributed by atoms with E-state index in [0.717, 1.165) is 32.2 Å². The maximum atomic E-state index is 11.9. The van der Waals surface area contributed by atoms with Crippen molar-refractivity contribution in [2.75, 3.05) is 19.6 Å². The number of rotatable bonds is 11. The summed E-state index contributed by atoms with van der Waals surface area (Å²) in [5, 5.41) is 11.8. The van der Waals surface area contributed by atoms with Crippen molar-refractivity contribution in [3.63, 3.8) is 0 Å². The molecule has 1 fully saturated rings. The van der Waals surface area contributed by atoms with Crippen LogP contribution in [0.2, 0.25) is 0 Å². The van der Waals surface area contributed by atoms with Crippen LogP contribution in [0.1, 0.15) is 52.4 Å². The molecule has 0 aromatic carbocycles. The lowest BCUT2D eigenvalue weighted by molar-refractivity contribution is -0.138. The van der Waals surface area contributed by atoms with E-state index >= 15 is 0 Å². The molecule has 0 saturated heterocycles. The van der Waals surface area contributed by atoms with E-state index in [0.29, 0.717) is 5.92 Å². The Morgan fingerprint density at radius 1 is 1.30 bits per heavy atom. The fourth-order valence-corrected chi connectivity index (χ4v) is 2.34. The van der Waals surface area contributed by atoms with Crippen molar-refractivity contribution < 1.29 is 14.7 Å².